The van der Waals surface area contributed by atoms with Gasteiger partial charge in [-0.2, -0.15) is 4.98 Å². The van der Waals surface area contributed by atoms with Crippen molar-refractivity contribution in [3.05, 3.63) is 65.8 Å². The lowest BCUT2D eigenvalue weighted by atomic mass is 10.0. The van der Waals surface area contributed by atoms with Gasteiger partial charge in [0.25, 0.3) is 5.89 Å². The molecule has 160 valence electrons. The summed E-state index contributed by atoms with van der Waals surface area (Å²) in [6.07, 6.45) is 4.58. The number of aryl methyl sites for hydroxylation is 1. The number of nitrogens with two attached hydrogens (primary N) is 1. The summed E-state index contributed by atoms with van der Waals surface area (Å²) in [5.74, 6) is -0.480. The molecule has 4 aromatic rings. The zero-order chi connectivity index (χ0) is 22.0. The Balaban J connectivity index is 1.73. The molecule has 4 rings (SSSR count). The summed E-state index contributed by atoms with van der Waals surface area (Å²) in [5.41, 5.74) is 6.84. The van der Waals surface area contributed by atoms with E-state index in [4.69, 9.17) is 24.4 Å². The molecule has 0 aliphatic rings. The first-order valence-corrected chi connectivity index (χ1v) is 9.54. The zero-order valence-electron chi connectivity index (χ0n) is 16.7. The van der Waals surface area contributed by atoms with Crippen molar-refractivity contribution in [1.29, 1.82) is 0 Å². The summed E-state index contributed by atoms with van der Waals surface area (Å²) in [4.78, 5) is 19.1. The molecule has 3 N–H and O–H groups in total. The Bertz CT molecular complexity index is 1220. The number of carboxylic acids is 1. The van der Waals surface area contributed by atoms with E-state index >= 15 is 0 Å². The quantitative estimate of drug-likeness (QED) is 0.404. The maximum absolute atomic E-state index is 13.3. The maximum Gasteiger partial charge on any atom is 0.357 e. The van der Waals surface area contributed by atoms with Gasteiger partial charge in [0.15, 0.2) is 17.2 Å². The SMILES string of the molecule is Cc1c(-c2nc(C(=O)O)co2)oc2cccc(OC(N)(CCF)Cc3cccnc3)c12. The number of oxazole rings is 1. The normalized spacial score (nSPS) is 13.3. The largest absolute Gasteiger partial charge is 0.476 e. The van der Waals surface area contributed by atoms with Gasteiger partial charge in [0.05, 0.1) is 12.1 Å². The third-order valence-corrected chi connectivity index (χ3v) is 4.89. The number of rotatable bonds is 8. The van der Waals surface area contributed by atoms with Crippen LogP contribution >= 0.6 is 0 Å². The Hall–Kier alpha value is -3.72. The summed E-state index contributed by atoms with van der Waals surface area (Å²) >= 11 is 0. The highest BCUT2D eigenvalue weighted by Crippen LogP contribution is 2.39. The van der Waals surface area contributed by atoms with Crippen LogP contribution in [0.1, 0.15) is 28.0 Å². The monoisotopic (exact) mass is 425 g/mol. The van der Waals surface area contributed by atoms with Gasteiger partial charge in [0.2, 0.25) is 0 Å². The van der Waals surface area contributed by atoms with Crippen LogP contribution in [0, 0.1) is 6.92 Å². The highest BCUT2D eigenvalue weighted by Gasteiger charge is 2.30. The van der Waals surface area contributed by atoms with Crippen LogP contribution < -0.4 is 10.5 Å². The van der Waals surface area contributed by atoms with Gasteiger partial charge in [-0.3, -0.25) is 15.1 Å². The van der Waals surface area contributed by atoms with E-state index in [2.05, 4.69) is 9.97 Å². The van der Waals surface area contributed by atoms with Crippen LogP contribution in [0.15, 0.2) is 57.8 Å². The average molecular weight is 425 g/mol. The van der Waals surface area contributed by atoms with Gasteiger partial charge < -0.3 is 18.7 Å². The first kappa shape index (κ1) is 20.5. The summed E-state index contributed by atoms with van der Waals surface area (Å²) < 4.78 is 30.6. The average Bonchev–Trinajstić information content (AvgIpc) is 3.34. The number of hydrogen-bond acceptors (Lipinski definition) is 7. The molecule has 0 radical (unpaired) electrons. The number of furan rings is 1. The van der Waals surface area contributed by atoms with Crippen molar-refractivity contribution in [3.63, 3.8) is 0 Å². The standard InChI is InChI=1S/C22H20FN3O5/c1-13-18-16(30-19(13)20-26-15(12-29-20)21(27)28)5-2-6-17(18)31-22(24,7-8-23)10-14-4-3-9-25-11-14/h2-6,9,11-12H,7-8,10,24H2,1H3,(H,27,28). The zero-order valence-corrected chi connectivity index (χ0v) is 16.7. The van der Waals surface area contributed by atoms with Crippen LogP contribution in [0.2, 0.25) is 0 Å². The Morgan fingerprint density at radius 1 is 1.32 bits per heavy atom. The Morgan fingerprint density at radius 2 is 2.16 bits per heavy atom. The van der Waals surface area contributed by atoms with Gasteiger partial charge in [0.1, 0.15) is 17.6 Å². The highest BCUT2D eigenvalue weighted by molar-refractivity contribution is 5.92. The number of halogens is 1. The molecule has 0 saturated heterocycles. The molecule has 0 fully saturated rings. The Labute approximate surface area is 176 Å². The van der Waals surface area contributed by atoms with Gasteiger partial charge >= 0.3 is 5.97 Å². The second kappa shape index (κ2) is 8.19. The van der Waals surface area contributed by atoms with E-state index in [1.807, 2.05) is 6.07 Å². The summed E-state index contributed by atoms with van der Waals surface area (Å²) in [6.45, 7) is 1.11. The molecule has 0 aliphatic carbocycles. The number of hydrogen-bond donors (Lipinski definition) is 2. The molecule has 0 saturated carbocycles. The lowest BCUT2D eigenvalue weighted by Gasteiger charge is -2.30. The van der Waals surface area contributed by atoms with E-state index in [9.17, 15) is 9.18 Å². The van der Waals surface area contributed by atoms with Crippen LogP contribution in [0.25, 0.3) is 22.6 Å². The lowest BCUT2D eigenvalue weighted by molar-refractivity contribution is 0.0605. The molecule has 31 heavy (non-hydrogen) atoms. The van der Waals surface area contributed by atoms with Gasteiger partial charge in [-0.05, 0) is 30.7 Å². The van der Waals surface area contributed by atoms with Crippen LogP contribution in [-0.4, -0.2) is 33.4 Å². The Morgan fingerprint density at radius 3 is 2.84 bits per heavy atom. The molecule has 9 heteroatoms. The smallest absolute Gasteiger partial charge is 0.357 e. The number of aromatic carboxylic acids is 1. The summed E-state index contributed by atoms with van der Waals surface area (Å²) in [6, 6.07) is 8.80. The van der Waals surface area contributed by atoms with Gasteiger partial charge in [-0.25, -0.2) is 4.79 Å². The first-order valence-electron chi connectivity index (χ1n) is 9.54. The summed E-state index contributed by atoms with van der Waals surface area (Å²) in [5, 5.41) is 9.69. The molecule has 8 nitrogen and oxygen atoms in total. The van der Waals surface area contributed by atoms with Crippen molar-refractivity contribution < 1.29 is 27.9 Å². The molecular formula is C22H20FN3O5. The molecule has 0 amide bonds. The van der Waals surface area contributed by atoms with Crippen molar-refractivity contribution in [2.45, 2.75) is 25.5 Å². The third-order valence-electron chi connectivity index (χ3n) is 4.89. The fourth-order valence-corrected chi connectivity index (χ4v) is 3.43. The van der Waals surface area contributed by atoms with Gasteiger partial charge in [-0.1, -0.05) is 12.1 Å². The van der Waals surface area contributed by atoms with Crippen LogP contribution in [0.3, 0.4) is 0 Å². The fraction of sp³-hybridized carbons (Fsp3) is 0.227. The number of carbonyl (C=O) groups is 1. The predicted molar refractivity (Wildman–Crippen MR) is 109 cm³/mol. The molecular weight excluding hydrogens is 405 g/mol. The van der Waals surface area contributed by atoms with Crippen molar-refractivity contribution in [2.75, 3.05) is 6.67 Å². The van der Waals surface area contributed by atoms with Crippen LogP contribution in [0.5, 0.6) is 5.75 Å². The summed E-state index contributed by atoms with van der Waals surface area (Å²) in [7, 11) is 0. The molecule has 0 bridgehead atoms. The molecule has 0 spiro atoms. The van der Waals surface area contributed by atoms with Crippen molar-refractivity contribution in [1.82, 2.24) is 9.97 Å². The minimum absolute atomic E-state index is 0.0241. The topological polar surface area (TPSA) is 125 Å². The predicted octanol–water partition coefficient (Wildman–Crippen LogP) is 4.13. The van der Waals surface area contributed by atoms with E-state index in [0.717, 1.165) is 11.8 Å². The minimum Gasteiger partial charge on any atom is -0.476 e. The highest BCUT2D eigenvalue weighted by atomic mass is 19.1. The molecule has 3 heterocycles. The Kier molecular flexibility index (Phi) is 5.43. The number of carboxylic acid groups (broad SMARTS) is 1. The second-order valence-electron chi connectivity index (χ2n) is 7.17. The number of ether oxygens (including phenoxy) is 1. The number of fused-ring (bicyclic) bond motifs is 1. The van der Waals surface area contributed by atoms with Crippen molar-refractivity contribution >= 4 is 16.9 Å². The second-order valence-corrected chi connectivity index (χ2v) is 7.17. The van der Waals surface area contributed by atoms with E-state index in [0.29, 0.717) is 22.3 Å². The lowest BCUT2D eigenvalue weighted by Crippen LogP contribution is -2.48. The molecule has 1 unspecified atom stereocenters. The van der Waals surface area contributed by atoms with E-state index in [-0.39, 0.29) is 30.2 Å². The molecule has 3 aromatic heterocycles. The van der Waals surface area contributed by atoms with E-state index < -0.39 is 18.4 Å². The maximum atomic E-state index is 13.3. The van der Waals surface area contributed by atoms with Crippen molar-refractivity contribution in [2.24, 2.45) is 5.73 Å². The molecule has 1 atom stereocenters. The number of benzene rings is 1. The number of aromatic nitrogens is 2. The van der Waals surface area contributed by atoms with E-state index in [1.54, 1.807) is 43.6 Å². The van der Waals surface area contributed by atoms with Crippen LogP contribution in [0.4, 0.5) is 4.39 Å². The van der Waals surface area contributed by atoms with Gasteiger partial charge in [-0.15, -0.1) is 0 Å². The minimum atomic E-state index is -1.31. The van der Waals surface area contributed by atoms with Gasteiger partial charge in [0, 0.05) is 30.8 Å². The third kappa shape index (κ3) is 4.13. The van der Waals surface area contributed by atoms with Crippen LogP contribution in [-0.2, 0) is 6.42 Å². The number of alkyl halides is 1. The fourth-order valence-electron chi connectivity index (χ4n) is 3.43. The molecule has 0 aliphatic heterocycles. The van der Waals surface area contributed by atoms with Crippen molar-refractivity contribution in [3.8, 4) is 17.4 Å². The van der Waals surface area contributed by atoms with E-state index in [1.165, 1.54) is 0 Å². The number of pyridine rings is 1. The first-order chi connectivity index (χ1) is 14.9. The molecule has 1 aromatic carbocycles. The number of nitrogens with zero attached hydrogens (tertiary/aromatic N) is 2.